The van der Waals surface area contributed by atoms with E-state index in [-0.39, 0.29) is 10.8 Å². The molecule has 0 amide bonds. The van der Waals surface area contributed by atoms with E-state index in [2.05, 4.69) is 14.9 Å². The second-order valence-corrected chi connectivity index (χ2v) is 7.69. The number of anilines is 1. The second-order valence-electron chi connectivity index (χ2n) is 6.57. The molecule has 1 aliphatic heterocycles. The molecule has 1 N–H and O–H groups in total. The van der Waals surface area contributed by atoms with Crippen molar-refractivity contribution in [2.75, 3.05) is 17.7 Å². The Morgan fingerprint density at radius 3 is 2.79 bits per heavy atom. The van der Waals surface area contributed by atoms with Gasteiger partial charge in [-0.05, 0) is 50.5 Å². The van der Waals surface area contributed by atoms with Crippen LogP contribution in [0.2, 0.25) is 5.22 Å². The highest BCUT2D eigenvalue weighted by atomic mass is 35.5. The number of fused-ring (bicyclic) bond motifs is 1. The number of halogens is 1. The standard InChI is InChI=1S/C16H18ClN3O3S/c1-8-11-10(14(22)23-12(8)17)13(19-15(18-11)24-2)20-7-9(21)3-4-16(20)5-6-16/h9,21H,3-7H2,1-2H3. The van der Waals surface area contributed by atoms with E-state index in [9.17, 15) is 9.90 Å². The van der Waals surface area contributed by atoms with Crippen molar-refractivity contribution >= 4 is 40.1 Å². The average Bonchev–Trinajstić information content (AvgIpc) is 3.34. The molecule has 0 bridgehead atoms. The van der Waals surface area contributed by atoms with Crippen molar-refractivity contribution in [1.29, 1.82) is 0 Å². The van der Waals surface area contributed by atoms with E-state index in [0.29, 0.717) is 34.0 Å². The van der Waals surface area contributed by atoms with Crippen LogP contribution in [0.3, 0.4) is 0 Å². The lowest BCUT2D eigenvalue weighted by Crippen LogP contribution is -2.48. The van der Waals surface area contributed by atoms with Crippen molar-refractivity contribution < 1.29 is 9.52 Å². The van der Waals surface area contributed by atoms with E-state index in [4.69, 9.17) is 16.0 Å². The van der Waals surface area contributed by atoms with Gasteiger partial charge in [0.15, 0.2) is 5.16 Å². The minimum atomic E-state index is -0.529. The number of hydrogen-bond acceptors (Lipinski definition) is 7. The van der Waals surface area contributed by atoms with Gasteiger partial charge in [-0.15, -0.1) is 0 Å². The number of β-amino-alcohol motifs (C(OH)–C–C–N with tert-alkyl or cyclic N) is 1. The van der Waals surface area contributed by atoms with E-state index in [1.807, 2.05) is 6.26 Å². The van der Waals surface area contributed by atoms with Crippen LogP contribution in [0, 0.1) is 6.92 Å². The molecule has 6 nitrogen and oxygen atoms in total. The molecule has 8 heteroatoms. The highest BCUT2D eigenvalue weighted by molar-refractivity contribution is 7.98. The Balaban J connectivity index is 2.00. The third-order valence-corrected chi connectivity index (χ3v) is 5.99. The predicted molar refractivity (Wildman–Crippen MR) is 94.2 cm³/mol. The van der Waals surface area contributed by atoms with Crippen LogP contribution < -0.4 is 10.5 Å². The van der Waals surface area contributed by atoms with Crippen LogP contribution in [-0.4, -0.2) is 39.5 Å². The van der Waals surface area contributed by atoms with Crippen molar-refractivity contribution in [3.05, 3.63) is 21.2 Å². The van der Waals surface area contributed by atoms with Gasteiger partial charge in [-0.2, -0.15) is 0 Å². The van der Waals surface area contributed by atoms with Crippen molar-refractivity contribution in [2.45, 2.75) is 49.4 Å². The van der Waals surface area contributed by atoms with Crippen LogP contribution in [0.5, 0.6) is 0 Å². The molecule has 1 unspecified atom stereocenters. The maximum Gasteiger partial charge on any atom is 0.350 e. The minimum absolute atomic E-state index is 0.0101. The van der Waals surface area contributed by atoms with Gasteiger partial charge in [0.25, 0.3) is 0 Å². The highest BCUT2D eigenvalue weighted by Gasteiger charge is 2.51. The van der Waals surface area contributed by atoms with Gasteiger partial charge < -0.3 is 14.4 Å². The molecule has 2 fully saturated rings. The highest BCUT2D eigenvalue weighted by Crippen LogP contribution is 2.50. The fourth-order valence-electron chi connectivity index (χ4n) is 3.52. The number of aromatic nitrogens is 2. The molecule has 2 aromatic heterocycles. The van der Waals surface area contributed by atoms with Crippen LogP contribution in [0.1, 0.15) is 31.2 Å². The molecule has 1 spiro atoms. The first-order valence-corrected chi connectivity index (χ1v) is 9.56. The number of aryl methyl sites for hydroxylation is 1. The smallest absolute Gasteiger partial charge is 0.350 e. The summed E-state index contributed by atoms with van der Waals surface area (Å²) in [6, 6.07) is 0. The maximum atomic E-state index is 12.5. The average molecular weight is 368 g/mol. The van der Waals surface area contributed by atoms with E-state index >= 15 is 0 Å². The zero-order chi connectivity index (χ0) is 17.1. The van der Waals surface area contributed by atoms with Gasteiger partial charge >= 0.3 is 5.63 Å². The van der Waals surface area contributed by atoms with E-state index in [0.717, 1.165) is 25.7 Å². The Morgan fingerprint density at radius 1 is 1.38 bits per heavy atom. The molecule has 4 rings (SSSR count). The lowest BCUT2D eigenvalue weighted by molar-refractivity contribution is 0.138. The number of rotatable bonds is 2. The Bertz CT molecular complexity index is 881. The fourth-order valence-corrected chi connectivity index (χ4v) is 4.04. The summed E-state index contributed by atoms with van der Waals surface area (Å²) in [6.07, 6.45) is 5.28. The first kappa shape index (κ1) is 16.2. The molecule has 1 saturated carbocycles. The SMILES string of the molecule is CSc1nc(N2CC(O)CCC23CC3)c2c(=O)oc(Cl)c(C)c2n1. The molecule has 3 heterocycles. The van der Waals surface area contributed by atoms with E-state index in [1.54, 1.807) is 6.92 Å². The molecule has 24 heavy (non-hydrogen) atoms. The van der Waals surface area contributed by atoms with Gasteiger partial charge in [0.05, 0.1) is 11.6 Å². The minimum Gasteiger partial charge on any atom is -0.410 e. The summed E-state index contributed by atoms with van der Waals surface area (Å²) >= 11 is 7.45. The summed E-state index contributed by atoms with van der Waals surface area (Å²) in [5.41, 5.74) is 0.643. The summed E-state index contributed by atoms with van der Waals surface area (Å²) in [7, 11) is 0. The molecule has 128 valence electrons. The number of piperidine rings is 1. The molecular weight excluding hydrogens is 350 g/mol. The molecule has 0 aromatic carbocycles. The fraction of sp³-hybridized carbons (Fsp3) is 0.562. The Morgan fingerprint density at radius 2 is 2.12 bits per heavy atom. The third-order valence-electron chi connectivity index (χ3n) is 5.08. The van der Waals surface area contributed by atoms with Crippen LogP contribution in [0.25, 0.3) is 10.9 Å². The lowest BCUT2D eigenvalue weighted by Gasteiger charge is -2.39. The quantitative estimate of drug-likeness (QED) is 0.645. The first-order chi connectivity index (χ1) is 11.4. The van der Waals surface area contributed by atoms with Crippen molar-refractivity contribution in [1.82, 2.24) is 9.97 Å². The van der Waals surface area contributed by atoms with E-state index in [1.165, 1.54) is 11.8 Å². The van der Waals surface area contributed by atoms with Crippen molar-refractivity contribution in [2.24, 2.45) is 0 Å². The van der Waals surface area contributed by atoms with Crippen LogP contribution in [-0.2, 0) is 0 Å². The first-order valence-electron chi connectivity index (χ1n) is 7.96. The maximum absolute atomic E-state index is 12.5. The number of aliphatic hydroxyl groups excluding tert-OH is 1. The largest absolute Gasteiger partial charge is 0.410 e. The summed E-state index contributed by atoms with van der Waals surface area (Å²) < 4.78 is 5.18. The molecular formula is C16H18ClN3O3S. The zero-order valence-electron chi connectivity index (χ0n) is 13.5. The van der Waals surface area contributed by atoms with Gasteiger partial charge in [-0.25, -0.2) is 14.8 Å². The monoisotopic (exact) mass is 367 g/mol. The predicted octanol–water partition coefficient (Wildman–Crippen LogP) is 2.76. The topological polar surface area (TPSA) is 79.5 Å². The number of thioether (sulfide) groups is 1. The molecule has 1 atom stereocenters. The lowest BCUT2D eigenvalue weighted by atomic mass is 9.97. The zero-order valence-corrected chi connectivity index (χ0v) is 15.1. The van der Waals surface area contributed by atoms with Crippen LogP contribution in [0.4, 0.5) is 5.82 Å². The number of nitrogens with zero attached hydrogens (tertiary/aromatic N) is 3. The Kier molecular flexibility index (Phi) is 3.78. The van der Waals surface area contributed by atoms with Gasteiger partial charge in [-0.3, -0.25) is 0 Å². The molecule has 1 saturated heterocycles. The molecule has 0 radical (unpaired) electrons. The van der Waals surface area contributed by atoms with Crippen molar-refractivity contribution in [3.63, 3.8) is 0 Å². The van der Waals surface area contributed by atoms with Crippen LogP contribution in [0.15, 0.2) is 14.4 Å². The van der Waals surface area contributed by atoms with Crippen molar-refractivity contribution in [3.8, 4) is 0 Å². The molecule has 1 aliphatic carbocycles. The number of hydrogen-bond donors (Lipinski definition) is 1. The second kappa shape index (κ2) is 5.61. The molecule has 2 aromatic rings. The Labute approximate surface area is 148 Å². The van der Waals surface area contributed by atoms with Gasteiger partial charge in [0.1, 0.15) is 11.2 Å². The normalized spacial score (nSPS) is 22.3. The number of aliphatic hydroxyl groups is 1. The summed E-state index contributed by atoms with van der Waals surface area (Å²) in [6.45, 7) is 2.26. The summed E-state index contributed by atoms with van der Waals surface area (Å²) in [5, 5.41) is 11.2. The molecule has 2 aliphatic rings. The summed E-state index contributed by atoms with van der Waals surface area (Å²) in [4.78, 5) is 23.7. The Hall–Kier alpha value is -1.31. The summed E-state index contributed by atoms with van der Waals surface area (Å²) in [5.74, 6) is 0.564. The van der Waals surface area contributed by atoms with E-state index < -0.39 is 11.7 Å². The van der Waals surface area contributed by atoms with Gasteiger partial charge in [0.2, 0.25) is 5.22 Å². The van der Waals surface area contributed by atoms with Gasteiger partial charge in [-0.1, -0.05) is 11.8 Å². The third kappa shape index (κ3) is 2.41. The van der Waals surface area contributed by atoms with Crippen LogP contribution >= 0.6 is 23.4 Å². The van der Waals surface area contributed by atoms with Gasteiger partial charge in [0, 0.05) is 17.6 Å².